The largest absolute Gasteiger partial charge is 0.379 e. The zero-order valence-corrected chi connectivity index (χ0v) is 32.0. The SMILES string of the molecule is CCC1(C(=O)[C@H](CC(C)C)NC(=O)[C@H](Cc2ccccc2)NC(=O)[C@H](CC(C)C)NC(=O)[C@H](CCc2ccccc2)NC(=O)CN2CCOCC2)CO1. The van der Waals surface area contributed by atoms with E-state index in [-0.39, 0.29) is 36.5 Å². The normalized spacial score (nSPS) is 19.5. The predicted molar refractivity (Wildman–Crippen MR) is 203 cm³/mol. The molecule has 1 unspecified atom stereocenters. The molecule has 0 spiro atoms. The van der Waals surface area contributed by atoms with Gasteiger partial charge in [0.2, 0.25) is 23.6 Å². The van der Waals surface area contributed by atoms with Gasteiger partial charge in [-0.05, 0) is 55.1 Å². The number of hydrogen-bond donors (Lipinski definition) is 4. The van der Waals surface area contributed by atoms with Crippen LogP contribution in [0.15, 0.2) is 60.7 Å². The molecule has 53 heavy (non-hydrogen) atoms. The highest BCUT2D eigenvalue weighted by Gasteiger charge is 2.53. The molecule has 2 aliphatic heterocycles. The molecule has 0 saturated carbocycles. The third-order valence-corrected chi connectivity index (χ3v) is 9.80. The highest BCUT2D eigenvalue weighted by molar-refractivity contribution is 5.99. The molecule has 2 aliphatic rings. The van der Waals surface area contributed by atoms with Gasteiger partial charge < -0.3 is 30.7 Å². The van der Waals surface area contributed by atoms with Gasteiger partial charge in [-0.2, -0.15) is 0 Å². The Morgan fingerprint density at radius 2 is 1.21 bits per heavy atom. The molecule has 5 atom stereocenters. The summed E-state index contributed by atoms with van der Waals surface area (Å²) in [5.74, 6) is -1.79. The second kappa shape index (κ2) is 20.4. The number of amides is 4. The zero-order valence-electron chi connectivity index (χ0n) is 32.0. The molecule has 4 N–H and O–H groups in total. The Bertz CT molecular complexity index is 1490. The first-order valence-corrected chi connectivity index (χ1v) is 19.2. The molecule has 4 rings (SSSR count). The van der Waals surface area contributed by atoms with Gasteiger partial charge in [-0.15, -0.1) is 0 Å². The number of carbonyl (C=O) groups excluding carboxylic acids is 5. The first-order chi connectivity index (χ1) is 25.4. The van der Waals surface area contributed by atoms with Crippen molar-refractivity contribution in [3.05, 3.63) is 71.8 Å². The summed E-state index contributed by atoms with van der Waals surface area (Å²) in [7, 11) is 0. The Labute approximate surface area is 314 Å². The van der Waals surface area contributed by atoms with Crippen molar-refractivity contribution < 1.29 is 33.4 Å². The van der Waals surface area contributed by atoms with Crippen LogP contribution in [0.1, 0.15) is 71.4 Å². The lowest BCUT2D eigenvalue weighted by atomic mass is 9.90. The third kappa shape index (κ3) is 13.3. The fraction of sp³-hybridized carbons (Fsp3) is 0.585. The molecule has 12 nitrogen and oxygen atoms in total. The molecule has 0 aliphatic carbocycles. The first kappa shape index (κ1) is 41.6. The van der Waals surface area contributed by atoms with Crippen LogP contribution in [-0.4, -0.2) is 104 Å². The Kier molecular flexibility index (Phi) is 16.0. The number of nitrogens with zero attached hydrogens (tertiary/aromatic N) is 1. The Morgan fingerprint density at radius 1 is 0.698 bits per heavy atom. The number of ether oxygens (including phenoxy) is 2. The summed E-state index contributed by atoms with van der Waals surface area (Å²) >= 11 is 0. The lowest BCUT2D eigenvalue weighted by Crippen LogP contribution is -2.59. The number of carbonyl (C=O) groups is 5. The molecule has 2 aromatic carbocycles. The van der Waals surface area contributed by atoms with Crippen molar-refractivity contribution in [2.45, 2.75) is 103 Å². The molecule has 2 heterocycles. The van der Waals surface area contributed by atoms with Gasteiger partial charge in [0.25, 0.3) is 0 Å². The van der Waals surface area contributed by atoms with E-state index >= 15 is 0 Å². The first-order valence-electron chi connectivity index (χ1n) is 19.2. The molecule has 2 fully saturated rings. The third-order valence-electron chi connectivity index (χ3n) is 9.80. The number of nitrogens with one attached hydrogen (secondary N) is 4. The minimum atomic E-state index is -1.03. The fourth-order valence-electron chi connectivity index (χ4n) is 6.63. The summed E-state index contributed by atoms with van der Waals surface area (Å²) in [5.41, 5.74) is 0.960. The zero-order chi connectivity index (χ0) is 38.4. The van der Waals surface area contributed by atoms with Gasteiger partial charge >= 0.3 is 0 Å². The van der Waals surface area contributed by atoms with Crippen LogP contribution < -0.4 is 21.3 Å². The number of rotatable bonds is 21. The highest BCUT2D eigenvalue weighted by Crippen LogP contribution is 2.34. The van der Waals surface area contributed by atoms with Crippen molar-refractivity contribution >= 4 is 29.4 Å². The molecule has 2 saturated heterocycles. The van der Waals surface area contributed by atoms with Crippen LogP contribution in [0, 0.1) is 11.8 Å². The van der Waals surface area contributed by atoms with Crippen molar-refractivity contribution in [3.8, 4) is 0 Å². The van der Waals surface area contributed by atoms with E-state index in [2.05, 4.69) is 21.3 Å². The highest BCUT2D eigenvalue weighted by atomic mass is 16.6. The summed E-state index contributed by atoms with van der Waals surface area (Å²) in [4.78, 5) is 70.9. The molecule has 0 aromatic heterocycles. The van der Waals surface area contributed by atoms with Gasteiger partial charge in [-0.3, -0.25) is 28.9 Å². The van der Waals surface area contributed by atoms with E-state index in [1.54, 1.807) is 0 Å². The summed E-state index contributed by atoms with van der Waals surface area (Å²) in [6.07, 6.45) is 2.28. The minimum absolute atomic E-state index is 0.0166. The Morgan fingerprint density at radius 3 is 1.77 bits per heavy atom. The van der Waals surface area contributed by atoms with Crippen LogP contribution in [0.25, 0.3) is 0 Å². The molecular formula is C41H59N5O7. The van der Waals surface area contributed by atoms with Crippen molar-refractivity contribution in [3.63, 3.8) is 0 Å². The van der Waals surface area contributed by atoms with E-state index in [4.69, 9.17) is 9.47 Å². The average molecular weight is 734 g/mol. The number of benzene rings is 2. The van der Waals surface area contributed by atoms with Crippen LogP contribution in [0.4, 0.5) is 0 Å². The lowest BCUT2D eigenvalue weighted by Gasteiger charge is -2.29. The number of morpholine rings is 1. The van der Waals surface area contributed by atoms with Crippen molar-refractivity contribution in [1.82, 2.24) is 26.2 Å². The number of ketones is 1. The number of aryl methyl sites for hydroxylation is 1. The molecule has 2 aromatic rings. The van der Waals surface area contributed by atoms with Crippen LogP contribution in [0.5, 0.6) is 0 Å². The van der Waals surface area contributed by atoms with Crippen molar-refractivity contribution in [2.24, 2.45) is 11.8 Å². The molecule has 12 heteroatoms. The maximum Gasteiger partial charge on any atom is 0.243 e. The summed E-state index contributed by atoms with van der Waals surface area (Å²) in [6, 6.07) is 15.4. The predicted octanol–water partition coefficient (Wildman–Crippen LogP) is 2.97. The standard InChI is InChI=1S/C41H59N5O7/c1-6-41(27-53-41)37(48)33(23-28(2)3)43-40(51)35(25-31-15-11-8-12-16-31)45-39(50)34(24-29(4)5)44-38(49)32(18-17-30-13-9-7-10-14-30)42-36(47)26-46-19-21-52-22-20-46/h7-16,28-29,32-35H,6,17-27H2,1-5H3,(H,42,47)(H,43,51)(H,44,49)(H,45,50)/t32-,33-,34-,35-,41?/m0/s1. The fourth-order valence-corrected chi connectivity index (χ4v) is 6.63. The van der Waals surface area contributed by atoms with Crippen LogP contribution in [0.2, 0.25) is 0 Å². The molecular weight excluding hydrogens is 674 g/mol. The van der Waals surface area contributed by atoms with E-state index < -0.39 is 47.5 Å². The smallest absolute Gasteiger partial charge is 0.243 e. The van der Waals surface area contributed by atoms with E-state index in [1.165, 1.54) is 0 Å². The summed E-state index contributed by atoms with van der Waals surface area (Å²) < 4.78 is 11.0. The van der Waals surface area contributed by atoms with Gasteiger partial charge in [-0.25, -0.2) is 0 Å². The quantitative estimate of drug-likeness (QED) is 0.143. The Hall–Kier alpha value is -4.13. The molecule has 0 bridgehead atoms. The number of epoxide rings is 1. The second-order valence-electron chi connectivity index (χ2n) is 15.2. The van der Waals surface area contributed by atoms with E-state index in [0.717, 1.165) is 11.1 Å². The van der Waals surface area contributed by atoms with Crippen molar-refractivity contribution in [1.29, 1.82) is 0 Å². The van der Waals surface area contributed by atoms with Gasteiger partial charge in [0.15, 0.2) is 11.4 Å². The van der Waals surface area contributed by atoms with Crippen LogP contribution in [-0.2, 0) is 46.3 Å². The van der Waals surface area contributed by atoms with E-state index in [1.807, 2.05) is 100 Å². The van der Waals surface area contributed by atoms with Gasteiger partial charge in [0.1, 0.15) is 18.1 Å². The molecule has 4 amide bonds. The van der Waals surface area contributed by atoms with Crippen LogP contribution in [0.3, 0.4) is 0 Å². The lowest BCUT2D eigenvalue weighted by molar-refractivity contribution is -0.135. The Balaban J connectivity index is 1.52. The van der Waals surface area contributed by atoms with Gasteiger partial charge in [-0.1, -0.05) is 95.3 Å². The minimum Gasteiger partial charge on any atom is -0.379 e. The topological polar surface area (TPSA) is 158 Å². The summed E-state index contributed by atoms with van der Waals surface area (Å²) in [5, 5.41) is 11.7. The van der Waals surface area contributed by atoms with E-state index in [0.29, 0.717) is 65.0 Å². The van der Waals surface area contributed by atoms with Gasteiger partial charge in [0, 0.05) is 19.5 Å². The van der Waals surface area contributed by atoms with Gasteiger partial charge in [0.05, 0.1) is 32.4 Å². The summed E-state index contributed by atoms with van der Waals surface area (Å²) in [6.45, 7) is 12.6. The monoisotopic (exact) mass is 733 g/mol. The van der Waals surface area contributed by atoms with Crippen molar-refractivity contribution in [2.75, 3.05) is 39.5 Å². The maximum absolute atomic E-state index is 14.1. The maximum atomic E-state index is 14.1. The number of Topliss-reactive ketones (excluding diaryl/α,β-unsaturated/α-hetero) is 1. The molecule has 290 valence electrons. The van der Waals surface area contributed by atoms with E-state index in [9.17, 15) is 24.0 Å². The van der Waals surface area contributed by atoms with Crippen LogP contribution >= 0.6 is 0 Å². The average Bonchev–Trinajstić information content (AvgIpc) is 3.94. The number of hydrogen-bond acceptors (Lipinski definition) is 8. The second-order valence-corrected chi connectivity index (χ2v) is 15.2. The molecule has 0 radical (unpaired) electrons.